The summed E-state index contributed by atoms with van der Waals surface area (Å²) in [7, 11) is -3.06. The van der Waals surface area contributed by atoms with Gasteiger partial charge in [0.2, 0.25) is 0 Å². The maximum absolute atomic E-state index is 10.8. The molecule has 0 aliphatic carbocycles. The zero-order chi connectivity index (χ0) is 9.19. The van der Waals surface area contributed by atoms with Gasteiger partial charge in [0.15, 0.2) is 9.84 Å². The van der Waals surface area contributed by atoms with E-state index in [0.717, 1.165) is 5.41 Å². The lowest BCUT2D eigenvalue weighted by Gasteiger charge is -2.15. The van der Waals surface area contributed by atoms with Crippen LogP contribution in [0.15, 0.2) is 11.5 Å². The first-order chi connectivity index (χ1) is 5.49. The minimum Gasteiger partial charge on any atom is -0.465 e. The van der Waals surface area contributed by atoms with Crippen LogP contribution in [-0.2, 0) is 9.84 Å². The van der Waals surface area contributed by atoms with E-state index < -0.39 is 15.9 Å². The molecule has 0 aromatic heterocycles. The number of rotatable bonds is 1. The summed E-state index contributed by atoms with van der Waals surface area (Å²) >= 11 is 0. The molecule has 0 radical (unpaired) electrons. The molecule has 12 heavy (non-hydrogen) atoms. The average Bonchev–Trinajstić information content (AvgIpc) is 1.93. The first-order valence-corrected chi connectivity index (χ1v) is 5.11. The highest BCUT2D eigenvalue weighted by molar-refractivity contribution is 7.94. The lowest BCUT2D eigenvalue weighted by Crippen LogP contribution is -2.35. The molecule has 1 amide bonds. The Morgan fingerprint density at radius 2 is 2.25 bits per heavy atom. The van der Waals surface area contributed by atoms with Crippen LogP contribution in [0.2, 0.25) is 0 Å². The Hall–Kier alpha value is -1.04. The van der Waals surface area contributed by atoms with Crippen molar-refractivity contribution in [2.75, 3.05) is 5.75 Å². The van der Waals surface area contributed by atoms with Crippen molar-refractivity contribution >= 4 is 15.9 Å². The van der Waals surface area contributed by atoms with Gasteiger partial charge in [0, 0.05) is 5.41 Å². The molecule has 0 fully saturated rings. The van der Waals surface area contributed by atoms with E-state index in [1.165, 1.54) is 6.08 Å². The summed E-state index contributed by atoms with van der Waals surface area (Å²) in [5, 5.41) is 11.5. The summed E-state index contributed by atoms with van der Waals surface area (Å²) < 4.78 is 21.6. The smallest absolute Gasteiger partial charge is 0.405 e. The molecule has 0 spiro atoms. The number of hydrogen-bond donors (Lipinski definition) is 2. The Morgan fingerprint density at radius 1 is 1.58 bits per heavy atom. The zero-order valence-corrected chi connectivity index (χ0v) is 7.04. The highest BCUT2D eigenvalue weighted by atomic mass is 32.2. The zero-order valence-electron chi connectivity index (χ0n) is 6.23. The summed E-state index contributed by atoms with van der Waals surface area (Å²) in [5.74, 6) is 0.00838. The summed E-state index contributed by atoms with van der Waals surface area (Å²) in [5.41, 5.74) is 0. The topological polar surface area (TPSA) is 83.5 Å². The second-order valence-electron chi connectivity index (χ2n) is 2.54. The molecule has 1 aliphatic rings. The summed E-state index contributed by atoms with van der Waals surface area (Å²) in [6.45, 7) is 0. The van der Waals surface area contributed by atoms with Gasteiger partial charge >= 0.3 is 6.09 Å². The highest BCUT2D eigenvalue weighted by Crippen LogP contribution is 2.08. The van der Waals surface area contributed by atoms with Crippen molar-refractivity contribution in [1.82, 2.24) is 5.32 Å². The first kappa shape index (κ1) is 9.05. The summed E-state index contributed by atoms with van der Waals surface area (Å²) in [4.78, 5) is 10.1. The van der Waals surface area contributed by atoms with Crippen molar-refractivity contribution in [3.63, 3.8) is 0 Å². The largest absolute Gasteiger partial charge is 0.465 e. The van der Waals surface area contributed by atoms with E-state index in [4.69, 9.17) is 5.11 Å². The van der Waals surface area contributed by atoms with E-state index in [-0.39, 0.29) is 11.8 Å². The molecule has 68 valence electrons. The molecule has 1 unspecified atom stereocenters. The lowest BCUT2D eigenvalue weighted by molar-refractivity contribution is 0.191. The maximum atomic E-state index is 10.8. The van der Waals surface area contributed by atoms with E-state index in [2.05, 4.69) is 5.32 Å². The minimum atomic E-state index is -3.06. The highest BCUT2D eigenvalue weighted by Gasteiger charge is 2.18. The van der Waals surface area contributed by atoms with Gasteiger partial charge in [-0.2, -0.15) is 0 Å². The fraction of sp³-hybridized carbons (Fsp3) is 0.500. The molecule has 6 heteroatoms. The Bertz CT molecular complexity index is 306. The van der Waals surface area contributed by atoms with Crippen LogP contribution in [0.25, 0.3) is 0 Å². The standard InChI is InChI=1S/C6H9NO4S/c8-6(9)7-5-1-3-12(10,11)4-2-5/h1,3,5,7H,2,4H2,(H,8,9). The molecular formula is C6H9NO4S. The number of amides is 1. The second kappa shape index (κ2) is 3.14. The van der Waals surface area contributed by atoms with Crippen LogP contribution in [0.1, 0.15) is 6.42 Å². The normalized spacial score (nSPS) is 26.5. The Labute approximate surface area is 70.0 Å². The predicted octanol–water partition coefficient (Wildman–Crippen LogP) is -0.0452. The third kappa shape index (κ3) is 2.54. The van der Waals surface area contributed by atoms with Gasteiger partial charge in [-0.1, -0.05) is 6.08 Å². The number of hydrogen-bond acceptors (Lipinski definition) is 3. The van der Waals surface area contributed by atoms with Crippen LogP contribution in [0.4, 0.5) is 4.79 Å². The Kier molecular flexibility index (Phi) is 2.37. The fourth-order valence-electron chi connectivity index (χ4n) is 0.949. The van der Waals surface area contributed by atoms with Gasteiger partial charge in [0.05, 0.1) is 11.8 Å². The van der Waals surface area contributed by atoms with E-state index in [9.17, 15) is 13.2 Å². The van der Waals surface area contributed by atoms with Gasteiger partial charge in [0.25, 0.3) is 0 Å². The summed E-state index contributed by atoms with van der Waals surface area (Å²) in [6.07, 6.45) is 0.530. The van der Waals surface area contributed by atoms with Crippen molar-refractivity contribution in [2.24, 2.45) is 0 Å². The fourth-order valence-corrected chi connectivity index (χ4v) is 2.10. The molecule has 0 aromatic carbocycles. The van der Waals surface area contributed by atoms with E-state index >= 15 is 0 Å². The van der Waals surface area contributed by atoms with Crippen molar-refractivity contribution in [2.45, 2.75) is 12.5 Å². The summed E-state index contributed by atoms with van der Waals surface area (Å²) in [6, 6.07) is -0.369. The van der Waals surface area contributed by atoms with Crippen LogP contribution < -0.4 is 5.32 Å². The third-order valence-corrected chi connectivity index (χ3v) is 2.92. The van der Waals surface area contributed by atoms with Crippen LogP contribution in [0.5, 0.6) is 0 Å². The predicted molar refractivity (Wildman–Crippen MR) is 42.5 cm³/mol. The number of sulfone groups is 1. The second-order valence-corrected chi connectivity index (χ2v) is 4.55. The lowest BCUT2D eigenvalue weighted by atomic mass is 10.2. The average molecular weight is 191 g/mol. The molecule has 2 N–H and O–H groups in total. The third-order valence-electron chi connectivity index (χ3n) is 1.54. The quantitative estimate of drug-likeness (QED) is 0.609. The molecule has 0 bridgehead atoms. The maximum Gasteiger partial charge on any atom is 0.405 e. The number of nitrogens with one attached hydrogen (secondary N) is 1. The SMILES string of the molecule is O=C(O)NC1C=CS(=O)(=O)CC1. The van der Waals surface area contributed by atoms with E-state index in [0.29, 0.717) is 6.42 Å². The molecule has 0 saturated heterocycles. The minimum absolute atomic E-state index is 0.00838. The van der Waals surface area contributed by atoms with Crippen LogP contribution in [0.3, 0.4) is 0 Å². The van der Waals surface area contributed by atoms with Crippen molar-refractivity contribution in [3.05, 3.63) is 11.5 Å². The van der Waals surface area contributed by atoms with Gasteiger partial charge in [-0.25, -0.2) is 13.2 Å². The van der Waals surface area contributed by atoms with Crippen molar-refractivity contribution in [1.29, 1.82) is 0 Å². The number of carbonyl (C=O) groups is 1. The van der Waals surface area contributed by atoms with Crippen LogP contribution in [-0.4, -0.2) is 31.4 Å². The van der Waals surface area contributed by atoms with Gasteiger partial charge in [-0.15, -0.1) is 0 Å². The molecule has 0 aromatic rings. The van der Waals surface area contributed by atoms with Crippen molar-refractivity contribution in [3.8, 4) is 0 Å². The van der Waals surface area contributed by atoms with E-state index in [1.807, 2.05) is 0 Å². The van der Waals surface area contributed by atoms with Crippen molar-refractivity contribution < 1.29 is 18.3 Å². The van der Waals surface area contributed by atoms with Gasteiger partial charge in [-0.05, 0) is 6.42 Å². The molecule has 1 atom stereocenters. The molecular weight excluding hydrogens is 182 g/mol. The Balaban J connectivity index is 2.60. The van der Waals surface area contributed by atoms with Crippen LogP contribution in [0, 0.1) is 0 Å². The molecule has 5 nitrogen and oxygen atoms in total. The monoisotopic (exact) mass is 191 g/mol. The molecule has 0 saturated carbocycles. The molecule has 1 rings (SSSR count). The number of carboxylic acid groups (broad SMARTS) is 1. The van der Waals surface area contributed by atoms with Gasteiger partial charge in [-0.3, -0.25) is 0 Å². The van der Waals surface area contributed by atoms with E-state index in [1.54, 1.807) is 0 Å². The molecule has 1 heterocycles. The molecule has 1 aliphatic heterocycles. The van der Waals surface area contributed by atoms with Crippen LogP contribution >= 0.6 is 0 Å². The van der Waals surface area contributed by atoms with Gasteiger partial charge < -0.3 is 10.4 Å². The Morgan fingerprint density at radius 3 is 2.67 bits per heavy atom. The van der Waals surface area contributed by atoms with Gasteiger partial charge in [0.1, 0.15) is 0 Å². The first-order valence-electron chi connectivity index (χ1n) is 3.40.